The first-order chi connectivity index (χ1) is 17.8. The van der Waals surface area contributed by atoms with Gasteiger partial charge < -0.3 is 15.1 Å². The van der Waals surface area contributed by atoms with Crippen molar-refractivity contribution >= 4 is 23.0 Å². The largest absolute Gasteiger partial charge is 0.376 e. The number of carbonyl (C=O) groups excluding carboxylic acids is 1. The van der Waals surface area contributed by atoms with E-state index in [-0.39, 0.29) is 33.5 Å². The Labute approximate surface area is 217 Å². The number of hydrogen-bond acceptors (Lipinski definition) is 5. The maximum absolute atomic E-state index is 14.1. The predicted octanol–water partition coefficient (Wildman–Crippen LogP) is 5.71. The standard InChI is InChI=1S/C29H35FN4O3/c1-19(29-16-20-12-21(17-29)14-22(13-20)18-29)31-26-15-23(6-7-27(26)34(36)37)32-8-10-33(11-9-32)28(35)24-4-2-3-5-25(24)30/h2-7,15,19-22,31H,8-14,16-18H2,1H3. The molecule has 1 amide bonds. The van der Waals surface area contributed by atoms with Gasteiger partial charge in [-0.1, -0.05) is 12.1 Å². The molecule has 5 fully saturated rings. The molecule has 4 bridgehead atoms. The molecule has 4 saturated carbocycles. The van der Waals surface area contributed by atoms with Crippen molar-refractivity contribution in [2.24, 2.45) is 23.2 Å². The third-order valence-corrected chi connectivity index (χ3v) is 9.59. The molecule has 0 spiro atoms. The highest BCUT2D eigenvalue weighted by Gasteiger charge is 2.53. The molecule has 7 nitrogen and oxygen atoms in total. The summed E-state index contributed by atoms with van der Waals surface area (Å²) in [5, 5.41) is 15.5. The Kier molecular flexibility index (Phi) is 6.08. The monoisotopic (exact) mass is 506 g/mol. The van der Waals surface area contributed by atoms with Crippen molar-refractivity contribution in [3.63, 3.8) is 0 Å². The van der Waals surface area contributed by atoms with E-state index in [9.17, 15) is 19.3 Å². The van der Waals surface area contributed by atoms with Gasteiger partial charge in [0.2, 0.25) is 0 Å². The molecular weight excluding hydrogens is 471 g/mol. The van der Waals surface area contributed by atoms with Gasteiger partial charge in [0, 0.05) is 44.0 Å². The fourth-order valence-electron chi connectivity index (χ4n) is 8.06. The van der Waals surface area contributed by atoms with Crippen molar-refractivity contribution in [3.05, 3.63) is 64.0 Å². The lowest BCUT2D eigenvalue weighted by molar-refractivity contribution is -0.384. The Morgan fingerprint density at radius 3 is 2.24 bits per heavy atom. The molecule has 7 rings (SSSR count). The average molecular weight is 507 g/mol. The van der Waals surface area contributed by atoms with Crippen LogP contribution in [0.2, 0.25) is 0 Å². The van der Waals surface area contributed by atoms with Gasteiger partial charge in [0.1, 0.15) is 11.5 Å². The zero-order valence-electron chi connectivity index (χ0n) is 21.4. The van der Waals surface area contributed by atoms with Gasteiger partial charge in [0.25, 0.3) is 11.6 Å². The van der Waals surface area contributed by atoms with E-state index >= 15 is 0 Å². The number of nitrogens with zero attached hydrogens (tertiary/aromatic N) is 3. The minimum atomic E-state index is -0.505. The maximum Gasteiger partial charge on any atom is 0.292 e. The normalized spacial score (nSPS) is 29.3. The highest BCUT2D eigenvalue weighted by molar-refractivity contribution is 5.94. The van der Waals surface area contributed by atoms with Crippen LogP contribution in [0.3, 0.4) is 0 Å². The SMILES string of the molecule is CC(Nc1cc(N2CCN(C(=O)c3ccccc3F)CC2)ccc1[N+](=O)[O-])C12CC3CC(CC(C3)C1)C2. The third-order valence-electron chi connectivity index (χ3n) is 9.59. The summed E-state index contributed by atoms with van der Waals surface area (Å²) in [4.78, 5) is 28.2. The van der Waals surface area contributed by atoms with Crippen LogP contribution in [-0.4, -0.2) is 48.0 Å². The summed E-state index contributed by atoms with van der Waals surface area (Å²) in [6.45, 7) is 4.33. The third kappa shape index (κ3) is 4.44. The molecule has 0 radical (unpaired) electrons. The van der Waals surface area contributed by atoms with E-state index in [1.54, 1.807) is 29.2 Å². The predicted molar refractivity (Wildman–Crippen MR) is 141 cm³/mol. The molecule has 8 heteroatoms. The summed E-state index contributed by atoms with van der Waals surface area (Å²) in [6, 6.07) is 11.5. The van der Waals surface area contributed by atoms with E-state index in [1.807, 2.05) is 6.07 Å². The fourth-order valence-corrected chi connectivity index (χ4v) is 8.06. The second-order valence-electron chi connectivity index (χ2n) is 11.9. The summed E-state index contributed by atoms with van der Waals surface area (Å²) in [6.07, 6.45) is 7.81. The van der Waals surface area contributed by atoms with Gasteiger partial charge in [0.15, 0.2) is 0 Å². The van der Waals surface area contributed by atoms with Gasteiger partial charge in [-0.15, -0.1) is 0 Å². The molecule has 1 atom stereocenters. The van der Waals surface area contributed by atoms with E-state index in [1.165, 1.54) is 50.7 Å². The minimum Gasteiger partial charge on any atom is -0.376 e. The molecule has 2 aromatic rings. The first kappa shape index (κ1) is 24.2. The topological polar surface area (TPSA) is 78.7 Å². The van der Waals surface area contributed by atoms with Crippen LogP contribution in [0.1, 0.15) is 55.8 Å². The lowest BCUT2D eigenvalue weighted by Crippen LogP contribution is -2.53. The highest BCUT2D eigenvalue weighted by atomic mass is 19.1. The van der Waals surface area contributed by atoms with Gasteiger partial charge in [-0.05, 0) is 92.9 Å². The molecule has 196 valence electrons. The van der Waals surface area contributed by atoms with Crippen LogP contribution in [0.25, 0.3) is 0 Å². The number of anilines is 2. The number of benzene rings is 2. The number of halogens is 1. The second kappa shape index (κ2) is 9.30. The molecule has 2 aromatic carbocycles. The van der Waals surface area contributed by atoms with Crippen LogP contribution < -0.4 is 10.2 Å². The average Bonchev–Trinajstić information content (AvgIpc) is 2.88. The number of carbonyl (C=O) groups is 1. The van der Waals surface area contributed by atoms with Crippen LogP contribution in [0.4, 0.5) is 21.5 Å². The number of piperazine rings is 1. The maximum atomic E-state index is 14.1. The van der Waals surface area contributed by atoms with E-state index in [0.717, 1.165) is 23.4 Å². The number of hydrogen-bond donors (Lipinski definition) is 1. The number of rotatable bonds is 6. The van der Waals surface area contributed by atoms with Gasteiger partial charge in [-0.3, -0.25) is 14.9 Å². The van der Waals surface area contributed by atoms with Crippen LogP contribution in [0, 0.1) is 39.1 Å². The van der Waals surface area contributed by atoms with Crippen molar-refractivity contribution in [3.8, 4) is 0 Å². The van der Waals surface area contributed by atoms with Crippen LogP contribution in [0.15, 0.2) is 42.5 Å². The summed E-state index contributed by atoms with van der Waals surface area (Å²) in [5.74, 6) is 1.66. The minimum absolute atomic E-state index is 0.0939. The number of nitro benzene ring substituents is 1. The fraction of sp³-hybridized carbons (Fsp3) is 0.552. The molecule has 4 aliphatic carbocycles. The lowest BCUT2D eigenvalue weighted by atomic mass is 9.48. The van der Waals surface area contributed by atoms with Crippen molar-refractivity contribution in [1.29, 1.82) is 0 Å². The Morgan fingerprint density at radius 1 is 1.03 bits per heavy atom. The van der Waals surface area contributed by atoms with E-state index < -0.39 is 5.82 Å². The van der Waals surface area contributed by atoms with E-state index in [4.69, 9.17) is 0 Å². The summed E-state index contributed by atoms with van der Waals surface area (Å²) in [5.41, 5.74) is 1.92. The van der Waals surface area contributed by atoms with Crippen molar-refractivity contribution in [1.82, 2.24) is 4.90 Å². The summed E-state index contributed by atoms with van der Waals surface area (Å²) >= 11 is 0. The quantitative estimate of drug-likeness (QED) is 0.401. The van der Waals surface area contributed by atoms with E-state index in [0.29, 0.717) is 31.9 Å². The molecule has 1 aliphatic heterocycles. The van der Waals surface area contributed by atoms with Crippen molar-refractivity contribution in [2.45, 2.75) is 51.5 Å². The molecule has 1 unspecified atom stereocenters. The second-order valence-corrected chi connectivity index (χ2v) is 11.9. The summed E-state index contributed by atoms with van der Waals surface area (Å²) in [7, 11) is 0. The Morgan fingerprint density at radius 2 is 1.65 bits per heavy atom. The lowest BCUT2D eigenvalue weighted by Gasteiger charge is -2.59. The molecule has 1 saturated heterocycles. The number of nitro groups is 1. The molecule has 1 N–H and O–H groups in total. The first-order valence-electron chi connectivity index (χ1n) is 13.6. The Bertz CT molecular complexity index is 1170. The molecule has 1 heterocycles. The molecule has 5 aliphatic rings. The van der Waals surface area contributed by atoms with Gasteiger partial charge >= 0.3 is 0 Å². The van der Waals surface area contributed by atoms with Crippen LogP contribution in [0.5, 0.6) is 0 Å². The molecule has 37 heavy (non-hydrogen) atoms. The zero-order chi connectivity index (χ0) is 25.7. The zero-order valence-corrected chi connectivity index (χ0v) is 21.4. The summed E-state index contributed by atoms with van der Waals surface area (Å²) < 4.78 is 14.1. The number of amides is 1. The van der Waals surface area contributed by atoms with Crippen molar-refractivity contribution in [2.75, 3.05) is 36.4 Å². The first-order valence-corrected chi connectivity index (χ1v) is 13.6. The smallest absolute Gasteiger partial charge is 0.292 e. The Hall–Kier alpha value is -3.16. The molecule has 0 aromatic heterocycles. The van der Waals surface area contributed by atoms with Gasteiger partial charge in [-0.25, -0.2) is 4.39 Å². The highest BCUT2D eigenvalue weighted by Crippen LogP contribution is 2.61. The van der Waals surface area contributed by atoms with E-state index in [2.05, 4.69) is 17.1 Å². The Balaban J connectivity index is 1.17. The van der Waals surface area contributed by atoms with Gasteiger partial charge in [-0.2, -0.15) is 0 Å². The van der Waals surface area contributed by atoms with Gasteiger partial charge in [0.05, 0.1) is 10.5 Å². The molecular formula is C29H35FN4O3. The number of nitrogens with one attached hydrogen (secondary N) is 1. The van der Waals surface area contributed by atoms with Crippen molar-refractivity contribution < 1.29 is 14.1 Å². The van der Waals surface area contributed by atoms with Crippen LogP contribution >= 0.6 is 0 Å². The van der Waals surface area contributed by atoms with Crippen LogP contribution in [-0.2, 0) is 0 Å².